The summed E-state index contributed by atoms with van der Waals surface area (Å²) in [4.78, 5) is 61.9. The minimum Gasteiger partial charge on any atom is -0.466 e. The number of nitrogens with zero attached hydrogens (tertiary/aromatic N) is 3. The smallest absolute Gasteiger partial charge is 0.308 e. The molecule has 1 aliphatic heterocycles. The number of carbonyl (C=O) groups is 4. The lowest BCUT2D eigenvalue weighted by Crippen LogP contribution is -2.59. The number of esters is 1. The Morgan fingerprint density at radius 2 is 1.77 bits per heavy atom. The molecule has 0 radical (unpaired) electrons. The fourth-order valence-electron chi connectivity index (χ4n) is 6.81. The molecule has 3 amide bonds. The highest BCUT2D eigenvalue weighted by atomic mass is 32.1. The van der Waals surface area contributed by atoms with Gasteiger partial charge in [0.05, 0.1) is 18.6 Å². The summed E-state index contributed by atoms with van der Waals surface area (Å²) >= 11 is 1.16. The maximum Gasteiger partial charge on any atom is 0.308 e. The highest BCUT2D eigenvalue weighted by Crippen LogP contribution is 2.29. The van der Waals surface area contributed by atoms with Crippen LogP contribution in [0.4, 0.5) is 5.69 Å². The molecule has 7 atom stereocenters. The van der Waals surface area contributed by atoms with Crippen molar-refractivity contribution in [2.75, 3.05) is 39.8 Å². The number of anilines is 1. The highest BCUT2D eigenvalue weighted by molar-refractivity contribution is 7.09. The van der Waals surface area contributed by atoms with E-state index < -0.39 is 36.1 Å². The lowest BCUT2D eigenvalue weighted by Gasteiger charge is -2.39. The molecule has 0 spiro atoms. The van der Waals surface area contributed by atoms with E-state index in [-0.39, 0.29) is 61.1 Å². The molecule has 1 aromatic heterocycles. The number of benzene rings is 1. The van der Waals surface area contributed by atoms with Crippen LogP contribution in [0.3, 0.4) is 0 Å². The second-order valence-corrected chi connectivity index (χ2v) is 15.6. The molecule has 1 fully saturated rings. The fraction of sp³-hybridized carbons (Fsp3) is 0.667. The van der Waals surface area contributed by atoms with Gasteiger partial charge in [-0.2, -0.15) is 0 Å². The van der Waals surface area contributed by atoms with Crippen LogP contribution in [0, 0.1) is 17.8 Å². The van der Waals surface area contributed by atoms with E-state index in [1.807, 2.05) is 51.8 Å². The van der Waals surface area contributed by atoms with Gasteiger partial charge >= 0.3 is 5.97 Å². The number of nitrogens with one attached hydrogen (secondary N) is 2. The van der Waals surface area contributed by atoms with E-state index in [1.54, 1.807) is 36.3 Å². The number of rotatable bonds is 20. The molecular formula is C39H62N6O7S. The van der Waals surface area contributed by atoms with Gasteiger partial charge in [-0.25, -0.2) is 4.98 Å². The van der Waals surface area contributed by atoms with Crippen LogP contribution >= 0.6 is 11.3 Å². The summed E-state index contributed by atoms with van der Waals surface area (Å²) < 4.78 is 10.7. The van der Waals surface area contributed by atoms with Crippen molar-refractivity contribution in [2.45, 2.75) is 117 Å². The second-order valence-electron chi connectivity index (χ2n) is 14.7. The minimum atomic E-state index is -1.08. The number of aromatic nitrogens is 1. The number of likely N-dealkylation sites (N-methyl/N-ethyl adjacent to an activating group) is 1. The molecule has 2 heterocycles. The quantitative estimate of drug-likeness (QED) is 0.0852. The molecule has 14 heteroatoms. The van der Waals surface area contributed by atoms with Crippen molar-refractivity contribution >= 4 is 40.7 Å². The van der Waals surface area contributed by atoms with Gasteiger partial charge < -0.3 is 35.8 Å². The standard InChI is InChI=1S/C39H62N6O7S/c1-9-25(5)34(43-36(48)31-13-11-12-18-44(31)7)38(49)45(23-51-8)32(24(3)4)21-33(46)37-42-30(22-53-37)35(47)41-29(19-26(6)39(50)52-10-2)20-27-14-16-28(40)17-15-27/h14-17,22,24-26,29,31-34,46H,9-13,18-21,23,40H2,1-8H3,(H,41,47)(H,43,48)/t25-,26?,29+,31+,32+,33+,34-/m0/s1. The predicted molar refractivity (Wildman–Crippen MR) is 207 cm³/mol. The van der Waals surface area contributed by atoms with Gasteiger partial charge in [-0.05, 0) is 75.7 Å². The number of ether oxygens (including phenoxy) is 2. The Balaban J connectivity index is 1.78. The van der Waals surface area contributed by atoms with Crippen molar-refractivity contribution in [2.24, 2.45) is 17.8 Å². The van der Waals surface area contributed by atoms with Gasteiger partial charge in [-0.15, -0.1) is 11.3 Å². The number of aliphatic hydroxyl groups excluding tert-OH is 1. The summed E-state index contributed by atoms with van der Waals surface area (Å²) in [5.74, 6) is -1.84. The Morgan fingerprint density at radius 3 is 2.38 bits per heavy atom. The fourth-order valence-corrected chi connectivity index (χ4v) is 7.61. The third-order valence-electron chi connectivity index (χ3n) is 10.2. The van der Waals surface area contributed by atoms with Crippen molar-refractivity contribution < 1.29 is 33.8 Å². The summed E-state index contributed by atoms with van der Waals surface area (Å²) in [5.41, 5.74) is 7.58. The Morgan fingerprint density at radius 1 is 1.08 bits per heavy atom. The van der Waals surface area contributed by atoms with Crippen LogP contribution in [-0.2, 0) is 30.3 Å². The molecule has 0 aliphatic carbocycles. The van der Waals surface area contributed by atoms with Crippen LogP contribution in [0.15, 0.2) is 29.6 Å². The van der Waals surface area contributed by atoms with Gasteiger partial charge in [0.2, 0.25) is 11.8 Å². The van der Waals surface area contributed by atoms with E-state index in [0.717, 1.165) is 42.7 Å². The van der Waals surface area contributed by atoms with Gasteiger partial charge in [-0.1, -0.05) is 59.6 Å². The van der Waals surface area contributed by atoms with Gasteiger partial charge in [0, 0.05) is 36.7 Å². The third kappa shape index (κ3) is 12.8. The number of likely N-dealkylation sites (tertiary alicyclic amines) is 1. The maximum atomic E-state index is 14.3. The molecule has 5 N–H and O–H groups in total. The zero-order chi connectivity index (χ0) is 39.2. The van der Waals surface area contributed by atoms with Crippen LogP contribution in [0.25, 0.3) is 0 Å². The molecule has 296 valence electrons. The molecule has 13 nitrogen and oxygen atoms in total. The van der Waals surface area contributed by atoms with Crippen LogP contribution < -0.4 is 16.4 Å². The Hall–Kier alpha value is -3.59. The number of aliphatic hydroxyl groups is 1. The van der Waals surface area contributed by atoms with Crippen molar-refractivity contribution in [1.82, 2.24) is 25.4 Å². The van der Waals surface area contributed by atoms with Crippen molar-refractivity contribution in [3.8, 4) is 0 Å². The predicted octanol–water partition coefficient (Wildman–Crippen LogP) is 4.55. The first kappa shape index (κ1) is 43.8. The number of methoxy groups -OCH3 is 1. The number of thiazole rings is 1. The average molecular weight is 759 g/mol. The first-order chi connectivity index (χ1) is 25.2. The van der Waals surface area contributed by atoms with Crippen molar-refractivity contribution in [3.05, 3.63) is 45.9 Å². The van der Waals surface area contributed by atoms with E-state index in [4.69, 9.17) is 15.2 Å². The molecule has 2 aromatic rings. The maximum absolute atomic E-state index is 14.3. The monoisotopic (exact) mass is 758 g/mol. The molecule has 1 saturated heterocycles. The van der Waals surface area contributed by atoms with E-state index in [2.05, 4.69) is 15.6 Å². The van der Waals surface area contributed by atoms with E-state index in [9.17, 15) is 24.3 Å². The summed E-state index contributed by atoms with van der Waals surface area (Å²) in [6.45, 7) is 12.5. The summed E-state index contributed by atoms with van der Waals surface area (Å²) in [5, 5.41) is 19.6. The summed E-state index contributed by atoms with van der Waals surface area (Å²) in [7, 11) is 3.46. The number of hydrogen-bond donors (Lipinski definition) is 4. The van der Waals surface area contributed by atoms with Crippen molar-refractivity contribution in [1.29, 1.82) is 0 Å². The molecule has 0 bridgehead atoms. The third-order valence-corrected chi connectivity index (χ3v) is 11.1. The molecule has 1 aliphatic rings. The highest BCUT2D eigenvalue weighted by Gasteiger charge is 2.38. The lowest BCUT2D eigenvalue weighted by molar-refractivity contribution is -0.148. The number of nitrogens with two attached hydrogens (primary N) is 1. The zero-order valence-electron chi connectivity index (χ0n) is 32.8. The molecule has 0 saturated carbocycles. The molecule has 3 rings (SSSR count). The van der Waals surface area contributed by atoms with Crippen LogP contribution in [-0.4, -0.2) is 102 Å². The first-order valence-corrected chi connectivity index (χ1v) is 19.8. The SMILES string of the molecule is CCOC(=O)C(C)C[C@H](Cc1ccc(N)cc1)NC(=O)c1csc([C@H](O)C[C@H](C(C)C)N(COC)C(=O)[C@@H](NC(=O)[C@H]2CCCCN2C)[C@@H](C)CC)n1. The Labute approximate surface area is 319 Å². The van der Waals surface area contributed by atoms with Gasteiger partial charge in [0.15, 0.2) is 0 Å². The Bertz CT molecular complexity index is 1470. The summed E-state index contributed by atoms with van der Waals surface area (Å²) in [6.07, 6.45) is 3.31. The number of amides is 3. The van der Waals surface area contributed by atoms with Crippen LogP contribution in [0.1, 0.15) is 107 Å². The Kier molecular flexibility index (Phi) is 17.6. The average Bonchev–Trinajstić information content (AvgIpc) is 3.63. The van der Waals surface area contributed by atoms with Crippen molar-refractivity contribution in [3.63, 3.8) is 0 Å². The van der Waals surface area contributed by atoms with Gasteiger partial charge in [0.25, 0.3) is 5.91 Å². The van der Waals surface area contributed by atoms with E-state index >= 15 is 0 Å². The molecule has 1 aromatic carbocycles. The number of hydrogen-bond acceptors (Lipinski definition) is 11. The number of nitrogen functional groups attached to an aromatic ring is 1. The first-order valence-electron chi connectivity index (χ1n) is 19.0. The zero-order valence-corrected chi connectivity index (χ0v) is 33.6. The van der Waals surface area contributed by atoms with Crippen LogP contribution in [0.2, 0.25) is 0 Å². The van der Waals surface area contributed by atoms with E-state index in [0.29, 0.717) is 30.0 Å². The molecule has 1 unspecified atom stereocenters. The second kappa shape index (κ2) is 21.3. The largest absolute Gasteiger partial charge is 0.466 e. The lowest BCUT2D eigenvalue weighted by atomic mass is 9.92. The van der Waals surface area contributed by atoms with Crippen LogP contribution in [0.5, 0.6) is 0 Å². The number of piperidine rings is 1. The van der Waals surface area contributed by atoms with Gasteiger partial charge in [-0.3, -0.25) is 24.1 Å². The topological polar surface area (TPSA) is 176 Å². The molecular weight excluding hydrogens is 697 g/mol. The summed E-state index contributed by atoms with van der Waals surface area (Å²) in [6, 6.07) is 5.44. The van der Waals surface area contributed by atoms with Gasteiger partial charge in [0.1, 0.15) is 29.6 Å². The minimum absolute atomic E-state index is 0.0221. The van der Waals surface area contributed by atoms with E-state index in [1.165, 1.54) is 7.11 Å². The number of carbonyl (C=O) groups excluding carboxylic acids is 4. The molecule has 53 heavy (non-hydrogen) atoms. The normalized spacial score (nSPS) is 18.3.